The Morgan fingerprint density at radius 3 is 2.52 bits per heavy atom. The zero-order chi connectivity index (χ0) is 18.2. The lowest BCUT2D eigenvalue weighted by Gasteiger charge is -2.12. The van der Waals surface area contributed by atoms with Crippen LogP contribution in [0.1, 0.15) is 15.9 Å². The number of hydrogen-bond donors (Lipinski definition) is 1. The molecule has 128 valence electrons. The molecule has 3 aromatic rings. The topological polar surface area (TPSA) is 54.9 Å². The Kier molecular flexibility index (Phi) is 4.30. The maximum absolute atomic E-state index is 13.7. The third-order valence-corrected chi connectivity index (χ3v) is 3.64. The number of hydrogen-bond acceptors (Lipinski definition) is 3. The number of halogens is 5. The number of carbonyl (C=O) groups excluding carboxylic acids is 1. The fourth-order valence-electron chi connectivity index (χ4n) is 2.23. The van der Waals surface area contributed by atoms with E-state index in [4.69, 9.17) is 11.6 Å². The average Bonchev–Trinajstić information content (AvgIpc) is 2.54. The first-order valence-corrected chi connectivity index (χ1v) is 7.22. The lowest BCUT2D eigenvalue weighted by molar-refractivity contribution is -0.137. The van der Waals surface area contributed by atoms with Crippen LogP contribution in [0, 0.1) is 5.82 Å². The molecule has 0 aliphatic heterocycles. The van der Waals surface area contributed by atoms with Gasteiger partial charge in [-0.25, -0.2) is 4.39 Å². The molecule has 1 amide bonds. The van der Waals surface area contributed by atoms with Crippen LogP contribution in [-0.2, 0) is 6.18 Å². The number of nitrogens with zero attached hydrogens (tertiary/aromatic N) is 2. The predicted molar refractivity (Wildman–Crippen MR) is 83.9 cm³/mol. The van der Waals surface area contributed by atoms with E-state index in [-0.39, 0.29) is 22.3 Å². The van der Waals surface area contributed by atoms with Gasteiger partial charge < -0.3 is 5.32 Å². The van der Waals surface area contributed by atoms with Gasteiger partial charge in [0.15, 0.2) is 0 Å². The van der Waals surface area contributed by atoms with Crippen molar-refractivity contribution in [1.82, 2.24) is 9.97 Å². The molecule has 0 saturated heterocycles. The van der Waals surface area contributed by atoms with Crippen LogP contribution >= 0.6 is 11.6 Å². The average molecular weight is 370 g/mol. The van der Waals surface area contributed by atoms with Gasteiger partial charge in [0.05, 0.1) is 21.7 Å². The molecule has 2 aromatic carbocycles. The molecule has 0 unspecified atom stereocenters. The molecule has 0 aliphatic rings. The minimum Gasteiger partial charge on any atom is -0.322 e. The van der Waals surface area contributed by atoms with E-state index >= 15 is 0 Å². The van der Waals surface area contributed by atoms with Gasteiger partial charge in [0.1, 0.15) is 11.3 Å². The molecular formula is C16H8ClF4N3O. The number of anilines is 1. The van der Waals surface area contributed by atoms with Crippen LogP contribution in [-0.4, -0.2) is 15.9 Å². The molecule has 1 aromatic heterocycles. The summed E-state index contributed by atoms with van der Waals surface area (Å²) in [5, 5.41) is 1.79. The van der Waals surface area contributed by atoms with Gasteiger partial charge in [0.2, 0.25) is 0 Å². The molecule has 1 heterocycles. The van der Waals surface area contributed by atoms with Crippen LogP contribution in [0.4, 0.5) is 23.2 Å². The van der Waals surface area contributed by atoms with E-state index in [2.05, 4.69) is 15.3 Å². The number of fused-ring (bicyclic) bond motifs is 1. The summed E-state index contributed by atoms with van der Waals surface area (Å²) in [7, 11) is 0. The third kappa shape index (κ3) is 3.53. The summed E-state index contributed by atoms with van der Waals surface area (Å²) >= 11 is 5.53. The minimum absolute atomic E-state index is 0.131. The van der Waals surface area contributed by atoms with Crippen LogP contribution in [0.15, 0.2) is 42.7 Å². The van der Waals surface area contributed by atoms with Crippen molar-refractivity contribution in [2.24, 2.45) is 0 Å². The van der Waals surface area contributed by atoms with E-state index < -0.39 is 28.5 Å². The van der Waals surface area contributed by atoms with Crippen molar-refractivity contribution in [2.75, 3.05) is 5.32 Å². The van der Waals surface area contributed by atoms with Crippen LogP contribution in [0.25, 0.3) is 11.0 Å². The first-order valence-electron chi connectivity index (χ1n) is 6.84. The van der Waals surface area contributed by atoms with E-state index in [9.17, 15) is 22.4 Å². The highest BCUT2D eigenvalue weighted by atomic mass is 35.5. The van der Waals surface area contributed by atoms with Crippen LogP contribution in [0.2, 0.25) is 5.02 Å². The summed E-state index contributed by atoms with van der Waals surface area (Å²) in [5.41, 5.74) is -1.09. The quantitative estimate of drug-likeness (QED) is 0.666. The summed E-state index contributed by atoms with van der Waals surface area (Å²) in [6.07, 6.45) is -2.02. The van der Waals surface area contributed by atoms with Crippen molar-refractivity contribution in [1.29, 1.82) is 0 Å². The van der Waals surface area contributed by atoms with Gasteiger partial charge in [-0.2, -0.15) is 13.2 Å². The maximum Gasteiger partial charge on any atom is 0.417 e. The summed E-state index contributed by atoms with van der Waals surface area (Å²) < 4.78 is 52.3. The second-order valence-corrected chi connectivity index (χ2v) is 5.43. The van der Waals surface area contributed by atoms with Crippen LogP contribution in [0.3, 0.4) is 0 Å². The van der Waals surface area contributed by atoms with Crippen molar-refractivity contribution in [2.45, 2.75) is 6.18 Å². The summed E-state index contributed by atoms with van der Waals surface area (Å²) in [5.74, 6) is -1.54. The van der Waals surface area contributed by atoms with Gasteiger partial charge in [-0.15, -0.1) is 0 Å². The molecule has 9 heteroatoms. The van der Waals surface area contributed by atoms with Gasteiger partial charge in [-0.3, -0.25) is 14.8 Å². The third-order valence-electron chi connectivity index (χ3n) is 3.31. The molecule has 0 spiro atoms. The molecule has 0 saturated carbocycles. The highest BCUT2D eigenvalue weighted by molar-refractivity contribution is 6.31. The van der Waals surface area contributed by atoms with Crippen molar-refractivity contribution >= 4 is 34.2 Å². The number of amides is 1. The normalized spacial score (nSPS) is 11.6. The van der Waals surface area contributed by atoms with Gasteiger partial charge in [0, 0.05) is 24.1 Å². The molecule has 0 aliphatic carbocycles. The first kappa shape index (κ1) is 17.1. The smallest absolute Gasteiger partial charge is 0.322 e. The molecule has 0 bridgehead atoms. The van der Waals surface area contributed by atoms with Gasteiger partial charge in [-0.1, -0.05) is 11.6 Å². The summed E-state index contributed by atoms with van der Waals surface area (Å²) in [4.78, 5) is 20.2. The minimum atomic E-state index is -4.67. The molecule has 1 N–H and O–H groups in total. The Labute approximate surface area is 143 Å². The van der Waals surface area contributed by atoms with Crippen molar-refractivity contribution in [3.63, 3.8) is 0 Å². The number of aromatic nitrogens is 2. The Balaban J connectivity index is 1.99. The van der Waals surface area contributed by atoms with Gasteiger partial charge >= 0.3 is 6.18 Å². The summed E-state index contributed by atoms with van der Waals surface area (Å²) in [6.45, 7) is 0. The van der Waals surface area contributed by atoms with Crippen molar-refractivity contribution in [3.05, 3.63) is 64.7 Å². The highest BCUT2D eigenvalue weighted by Gasteiger charge is 2.33. The van der Waals surface area contributed by atoms with E-state index in [0.717, 1.165) is 18.2 Å². The van der Waals surface area contributed by atoms with Crippen LogP contribution in [0.5, 0.6) is 0 Å². The molecule has 3 rings (SSSR count). The molecule has 0 radical (unpaired) electrons. The standard InChI is InChI=1S/C16H8ClF4N3O/c17-12-2-1-9(7-11(12)16(19,20)21)24-15(25)10-5-8(18)6-13-14(10)23-4-3-22-13/h1-7H,(H,24,25). The molecular weight excluding hydrogens is 362 g/mol. The lowest BCUT2D eigenvalue weighted by Crippen LogP contribution is -2.14. The zero-order valence-electron chi connectivity index (χ0n) is 12.2. The second kappa shape index (κ2) is 6.29. The van der Waals surface area contributed by atoms with E-state index in [1.54, 1.807) is 0 Å². The Bertz CT molecular complexity index is 975. The number of benzene rings is 2. The highest BCUT2D eigenvalue weighted by Crippen LogP contribution is 2.36. The summed E-state index contributed by atoms with van der Waals surface area (Å²) in [6, 6.07) is 4.97. The Morgan fingerprint density at radius 1 is 1.08 bits per heavy atom. The van der Waals surface area contributed by atoms with Gasteiger partial charge in [-0.05, 0) is 24.3 Å². The van der Waals surface area contributed by atoms with E-state index in [1.165, 1.54) is 18.5 Å². The molecule has 4 nitrogen and oxygen atoms in total. The van der Waals surface area contributed by atoms with Crippen molar-refractivity contribution in [3.8, 4) is 0 Å². The molecule has 0 atom stereocenters. The number of alkyl halides is 3. The fraction of sp³-hybridized carbons (Fsp3) is 0.0625. The first-order chi connectivity index (χ1) is 11.8. The van der Waals surface area contributed by atoms with Gasteiger partial charge in [0.25, 0.3) is 5.91 Å². The van der Waals surface area contributed by atoms with E-state index in [0.29, 0.717) is 6.07 Å². The Morgan fingerprint density at radius 2 is 1.80 bits per heavy atom. The monoisotopic (exact) mass is 369 g/mol. The van der Waals surface area contributed by atoms with E-state index in [1.807, 2.05) is 0 Å². The number of nitrogens with one attached hydrogen (secondary N) is 1. The maximum atomic E-state index is 13.7. The molecule has 25 heavy (non-hydrogen) atoms. The number of carbonyl (C=O) groups is 1. The SMILES string of the molecule is O=C(Nc1ccc(Cl)c(C(F)(F)F)c1)c1cc(F)cc2nccnc12. The zero-order valence-corrected chi connectivity index (χ0v) is 13.0. The Hall–Kier alpha value is -2.74. The van der Waals surface area contributed by atoms with Crippen LogP contribution < -0.4 is 5.32 Å². The largest absolute Gasteiger partial charge is 0.417 e. The fourth-order valence-corrected chi connectivity index (χ4v) is 2.46. The predicted octanol–water partition coefficient (Wildman–Crippen LogP) is 4.69. The lowest BCUT2D eigenvalue weighted by atomic mass is 10.1. The second-order valence-electron chi connectivity index (χ2n) is 5.02. The number of rotatable bonds is 2. The molecule has 0 fully saturated rings. The van der Waals surface area contributed by atoms with Crippen molar-refractivity contribution < 1.29 is 22.4 Å².